The zero-order valence-corrected chi connectivity index (χ0v) is 17.7. The fourth-order valence-corrected chi connectivity index (χ4v) is 3.37. The lowest BCUT2D eigenvalue weighted by Crippen LogP contribution is -2.46. The Balaban J connectivity index is 1.47. The van der Waals surface area contributed by atoms with Crippen molar-refractivity contribution in [2.45, 2.75) is 31.9 Å². The number of aliphatic hydroxyl groups excluding tert-OH is 1. The van der Waals surface area contributed by atoms with Gasteiger partial charge < -0.3 is 19.9 Å². The minimum absolute atomic E-state index is 0.163. The number of β-amino-alcohol motifs (C(OH)–C–C–N with tert-alkyl or cyclic N) is 1. The Kier molecular flexibility index (Phi) is 7.08. The molecule has 0 radical (unpaired) electrons. The minimum atomic E-state index is -0.652. The van der Waals surface area contributed by atoms with Gasteiger partial charge in [0.25, 0.3) is 0 Å². The number of ether oxygens (including phenoxy) is 2. The molecule has 0 aliphatic rings. The standard InChI is InChI=1S/C25H29NO4/c1-25(2,15-18-8-9-19-6-4-5-7-21(19)14-18)26-16-22(27)17-30-23-12-10-20(11-13-23)24(28)29-3/h4-14,22,26-27H,15-17H2,1-3H3/t22-/m1/s1. The molecule has 158 valence electrons. The number of hydrogen-bond acceptors (Lipinski definition) is 5. The highest BCUT2D eigenvalue weighted by molar-refractivity contribution is 5.89. The van der Waals surface area contributed by atoms with E-state index in [1.165, 1.54) is 23.4 Å². The number of benzene rings is 3. The van der Waals surface area contributed by atoms with Crippen LogP contribution < -0.4 is 10.1 Å². The van der Waals surface area contributed by atoms with Crippen LogP contribution >= 0.6 is 0 Å². The summed E-state index contributed by atoms with van der Waals surface area (Å²) in [5, 5.41) is 16.2. The maximum Gasteiger partial charge on any atom is 0.337 e. The first kappa shape index (κ1) is 21.8. The molecule has 0 saturated carbocycles. The summed E-state index contributed by atoms with van der Waals surface area (Å²) in [6.45, 7) is 4.83. The van der Waals surface area contributed by atoms with Gasteiger partial charge in [0.1, 0.15) is 18.5 Å². The number of aliphatic hydroxyl groups is 1. The second-order valence-corrected chi connectivity index (χ2v) is 8.10. The average Bonchev–Trinajstić information content (AvgIpc) is 2.76. The average molecular weight is 408 g/mol. The van der Waals surface area contributed by atoms with Crippen LogP contribution in [-0.2, 0) is 11.2 Å². The molecule has 3 aromatic carbocycles. The van der Waals surface area contributed by atoms with E-state index in [4.69, 9.17) is 4.74 Å². The van der Waals surface area contributed by atoms with Crippen molar-refractivity contribution in [3.8, 4) is 5.75 Å². The van der Waals surface area contributed by atoms with Gasteiger partial charge in [-0.25, -0.2) is 4.79 Å². The van der Waals surface area contributed by atoms with Crippen LogP contribution in [-0.4, -0.2) is 43.0 Å². The molecule has 0 amide bonds. The number of fused-ring (bicyclic) bond motifs is 1. The summed E-state index contributed by atoms with van der Waals surface area (Å²) in [6, 6.07) is 21.5. The van der Waals surface area contributed by atoms with Gasteiger partial charge in [-0.1, -0.05) is 42.5 Å². The van der Waals surface area contributed by atoms with Crippen LogP contribution in [0.25, 0.3) is 10.8 Å². The lowest BCUT2D eigenvalue weighted by Gasteiger charge is -2.28. The van der Waals surface area contributed by atoms with Crippen molar-refractivity contribution in [1.82, 2.24) is 5.32 Å². The van der Waals surface area contributed by atoms with E-state index in [0.717, 1.165) is 6.42 Å². The maximum atomic E-state index is 11.5. The molecule has 0 aromatic heterocycles. The van der Waals surface area contributed by atoms with Gasteiger partial charge in [-0.2, -0.15) is 0 Å². The second kappa shape index (κ2) is 9.74. The van der Waals surface area contributed by atoms with Crippen molar-refractivity contribution in [3.63, 3.8) is 0 Å². The summed E-state index contributed by atoms with van der Waals surface area (Å²) < 4.78 is 10.3. The third-order valence-corrected chi connectivity index (χ3v) is 4.99. The third-order valence-electron chi connectivity index (χ3n) is 4.99. The Morgan fingerprint density at radius 1 is 1.03 bits per heavy atom. The molecule has 0 aliphatic heterocycles. The first-order valence-electron chi connectivity index (χ1n) is 10.1. The van der Waals surface area contributed by atoms with Crippen LogP contribution in [0.3, 0.4) is 0 Å². The van der Waals surface area contributed by atoms with Crippen LogP contribution in [0.1, 0.15) is 29.8 Å². The SMILES string of the molecule is COC(=O)c1ccc(OC[C@H](O)CNC(C)(C)Cc2ccc3ccccc3c2)cc1. The summed E-state index contributed by atoms with van der Waals surface area (Å²) >= 11 is 0. The lowest BCUT2D eigenvalue weighted by molar-refractivity contribution is 0.0600. The highest BCUT2D eigenvalue weighted by atomic mass is 16.5. The Labute approximate surface area is 177 Å². The third kappa shape index (κ3) is 6.05. The number of methoxy groups -OCH3 is 1. The minimum Gasteiger partial charge on any atom is -0.491 e. The summed E-state index contributed by atoms with van der Waals surface area (Å²) in [6.07, 6.45) is 0.196. The van der Waals surface area contributed by atoms with Crippen molar-refractivity contribution in [2.24, 2.45) is 0 Å². The fourth-order valence-electron chi connectivity index (χ4n) is 3.37. The first-order valence-corrected chi connectivity index (χ1v) is 10.1. The molecule has 0 heterocycles. The van der Waals surface area contributed by atoms with E-state index in [1.807, 2.05) is 6.07 Å². The molecular formula is C25H29NO4. The van der Waals surface area contributed by atoms with E-state index in [0.29, 0.717) is 17.9 Å². The summed E-state index contributed by atoms with van der Waals surface area (Å²) in [5.41, 5.74) is 1.54. The van der Waals surface area contributed by atoms with Crippen molar-refractivity contribution in [3.05, 3.63) is 77.9 Å². The number of hydrogen-bond donors (Lipinski definition) is 2. The van der Waals surface area contributed by atoms with E-state index in [-0.39, 0.29) is 18.1 Å². The van der Waals surface area contributed by atoms with Gasteiger partial charge in [0, 0.05) is 12.1 Å². The quantitative estimate of drug-likeness (QED) is 0.525. The zero-order chi connectivity index (χ0) is 21.6. The highest BCUT2D eigenvalue weighted by Gasteiger charge is 2.19. The van der Waals surface area contributed by atoms with Gasteiger partial charge in [-0.15, -0.1) is 0 Å². The molecule has 5 nitrogen and oxygen atoms in total. The van der Waals surface area contributed by atoms with Gasteiger partial charge in [-0.3, -0.25) is 0 Å². The van der Waals surface area contributed by atoms with E-state index in [9.17, 15) is 9.90 Å². The molecule has 0 saturated heterocycles. The normalized spacial score (nSPS) is 12.5. The van der Waals surface area contributed by atoms with Gasteiger partial charge >= 0.3 is 5.97 Å². The van der Waals surface area contributed by atoms with Crippen LogP contribution in [0, 0.1) is 0 Å². The van der Waals surface area contributed by atoms with Crippen molar-refractivity contribution >= 4 is 16.7 Å². The zero-order valence-electron chi connectivity index (χ0n) is 17.7. The van der Waals surface area contributed by atoms with Crippen LogP contribution in [0.5, 0.6) is 5.75 Å². The fraction of sp³-hybridized carbons (Fsp3) is 0.320. The highest BCUT2D eigenvalue weighted by Crippen LogP contribution is 2.19. The lowest BCUT2D eigenvalue weighted by atomic mass is 9.93. The number of carbonyl (C=O) groups excluding carboxylic acids is 1. The van der Waals surface area contributed by atoms with Crippen LogP contribution in [0.2, 0.25) is 0 Å². The molecule has 0 aliphatic carbocycles. The van der Waals surface area contributed by atoms with Crippen molar-refractivity contribution < 1.29 is 19.4 Å². The molecular weight excluding hydrogens is 378 g/mol. The molecule has 2 N–H and O–H groups in total. The van der Waals surface area contributed by atoms with E-state index in [2.05, 4.69) is 60.3 Å². The summed E-state index contributed by atoms with van der Waals surface area (Å²) in [4.78, 5) is 11.5. The maximum absolute atomic E-state index is 11.5. The van der Waals surface area contributed by atoms with Gasteiger partial charge in [0.05, 0.1) is 12.7 Å². The number of esters is 1. The summed E-state index contributed by atoms with van der Waals surface area (Å²) in [7, 11) is 1.34. The largest absolute Gasteiger partial charge is 0.491 e. The predicted molar refractivity (Wildman–Crippen MR) is 119 cm³/mol. The smallest absolute Gasteiger partial charge is 0.337 e. The number of rotatable bonds is 9. The Morgan fingerprint density at radius 2 is 1.73 bits per heavy atom. The van der Waals surface area contributed by atoms with Gasteiger partial charge in [-0.05, 0) is 60.9 Å². The number of nitrogens with one attached hydrogen (secondary N) is 1. The Hall–Kier alpha value is -2.89. The number of carbonyl (C=O) groups is 1. The van der Waals surface area contributed by atoms with E-state index >= 15 is 0 Å². The van der Waals surface area contributed by atoms with E-state index in [1.54, 1.807) is 24.3 Å². The topological polar surface area (TPSA) is 67.8 Å². The molecule has 0 bridgehead atoms. The second-order valence-electron chi connectivity index (χ2n) is 8.10. The van der Waals surface area contributed by atoms with Crippen molar-refractivity contribution in [2.75, 3.05) is 20.3 Å². The molecule has 0 fully saturated rings. The predicted octanol–water partition coefficient (Wildman–Crippen LogP) is 3.98. The monoisotopic (exact) mass is 407 g/mol. The summed E-state index contributed by atoms with van der Waals surface area (Å²) in [5.74, 6) is 0.205. The molecule has 0 unspecified atom stereocenters. The van der Waals surface area contributed by atoms with Crippen LogP contribution in [0.15, 0.2) is 66.7 Å². The Bertz CT molecular complexity index is 982. The molecule has 3 aromatic rings. The van der Waals surface area contributed by atoms with Gasteiger partial charge in [0.2, 0.25) is 0 Å². The molecule has 1 atom stereocenters. The Morgan fingerprint density at radius 3 is 2.43 bits per heavy atom. The molecule has 30 heavy (non-hydrogen) atoms. The molecule has 5 heteroatoms. The van der Waals surface area contributed by atoms with Gasteiger partial charge in [0.15, 0.2) is 0 Å². The first-order chi connectivity index (χ1) is 14.4. The van der Waals surface area contributed by atoms with E-state index < -0.39 is 6.10 Å². The molecule has 0 spiro atoms. The molecule has 3 rings (SSSR count). The van der Waals surface area contributed by atoms with Crippen LogP contribution in [0.4, 0.5) is 0 Å². The van der Waals surface area contributed by atoms with Crippen molar-refractivity contribution in [1.29, 1.82) is 0 Å².